The number of hydrogen-bond acceptors (Lipinski definition) is 5. The molecular formula is C22H29ClN2O3. The second kappa shape index (κ2) is 9.08. The number of aliphatic hydroxyl groups is 1. The number of carbonyl (C=O) groups is 1. The van der Waals surface area contributed by atoms with Gasteiger partial charge in [0, 0.05) is 23.6 Å². The Kier molecular flexibility index (Phi) is 6.76. The lowest BCUT2D eigenvalue weighted by Crippen LogP contribution is -2.26. The van der Waals surface area contributed by atoms with Crippen LogP contribution in [0.1, 0.15) is 80.7 Å². The molecule has 1 aromatic rings. The number of Topliss-reactive ketones (excluding diaryl/α,β-unsaturated/α-hetero) is 1. The number of halogens is 1. The maximum absolute atomic E-state index is 12.7. The van der Waals surface area contributed by atoms with Crippen molar-refractivity contribution in [3.63, 3.8) is 0 Å². The Labute approximate surface area is 171 Å². The number of hydrogen-bond donors (Lipinski definition) is 1. The summed E-state index contributed by atoms with van der Waals surface area (Å²) in [6, 6.07) is 0. The molecule has 0 spiro atoms. The van der Waals surface area contributed by atoms with Crippen LogP contribution in [-0.4, -0.2) is 28.2 Å². The predicted molar refractivity (Wildman–Crippen MR) is 111 cm³/mol. The lowest BCUT2D eigenvalue weighted by Gasteiger charge is -2.30. The van der Waals surface area contributed by atoms with Crippen LogP contribution in [0.3, 0.4) is 0 Å². The highest BCUT2D eigenvalue weighted by Crippen LogP contribution is 2.42. The Bertz CT molecular complexity index is 830. The first-order valence-corrected chi connectivity index (χ1v) is 10.7. The molecule has 5 nitrogen and oxygen atoms in total. The van der Waals surface area contributed by atoms with E-state index in [0.29, 0.717) is 42.3 Å². The van der Waals surface area contributed by atoms with Gasteiger partial charge < -0.3 is 9.94 Å². The van der Waals surface area contributed by atoms with Gasteiger partial charge in [-0.2, -0.15) is 0 Å². The summed E-state index contributed by atoms with van der Waals surface area (Å²) in [5, 5.41) is 15.8. The van der Waals surface area contributed by atoms with Gasteiger partial charge in [0.15, 0.2) is 5.78 Å². The van der Waals surface area contributed by atoms with Gasteiger partial charge in [-0.15, -0.1) is 0 Å². The zero-order chi connectivity index (χ0) is 20.3. The van der Waals surface area contributed by atoms with Crippen molar-refractivity contribution in [1.82, 2.24) is 4.98 Å². The minimum atomic E-state index is -0.316. The van der Waals surface area contributed by atoms with E-state index in [2.05, 4.69) is 10.1 Å². The molecule has 1 atom stereocenters. The van der Waals surface area contributed by atoms with Crippen molar-refractivity contribution in [2.45, 2.75) is 78.1 Å². The predicted octanol–water partition coefficient (Wildman–Crippen LogP) is 5.37. The van der Waals surface area contributed by atoms with Crippen LogP contribution in [0.25, 0.3) is 0 Å². The number of allylic oxidation sites excluding steroid dienone is 2. The number of rotatable bonds is 6. The van der Waals surface area contributed by atoms with Crippen LogP contribution in [0.15, 0.2) is 16.5 Å². The Hall–Kier alpha value is -1.88. The minimum Gasteiger partial charge on any atom is -0.511 e. The zero-order valence-corrected chi connectivity index (χ0v) is 17.7. The summed E-state index contributed by atoms with van der Waals surface area (Å²) < 4.78 is 0. The molecule has 1 heterocycles. The lowest BCUT2D eigenvalue weighted by atomic mass is 9.77. The van der Waals surface area contributed by atoms with Crippen molar-refractivity contribution in [2.24, 2.45) is 5.16 Å². The summed E-state index contributed by atoms with van der Waals surface area (Å²) in [5.74, 6) is -0.321. The van der Waals surface area contributed by atoms with E-state index in [1.807, 2.05) is 20.8 Å². The molecule has 152 valence electrons. The normalized spacial score (nSPS) is 20.4. The van der Waals surface area contributed by atoms with Crippen LogP contribution in [0.5, 0.6) is 0 Å². The number of aliphatic hydroxyl groups excluding tert-OH is 1. The van der Waals surface area contributed by atoms with Gasteiger partial charge in [0.05, 0.1) is 11.3 Å². The van der Waals surface area contributed by atoms with Crippen molar-refractivity contribution in [3.8, 4) is 0 Å². The monoisotopic (exact) mass is 404 g/mol. The topological polar surface area (TPSA) is 71.8 Å². The zero-order valence-electron chi connectivity index (χ0n) is 17.0. The molecule has 0 radical (unpaired) electrons. The molecule has 2 aliphatic carbocycles. The molecule has 0 aromatic carbocycles. The molecule has 2 aliphatic rings. The molecular weight excluding hydrogens is 376 g/mol. The highest BCUT2D eigenvalue weighted by atomic mass is 35.5. The van der Waals surface area contributed by atoms with Gasteiger partial charge in [0.2, 0.25) is 0 Å². The first-order valence-electron chi connectivity index (χ1n) is 10.3. The minimum absolute atomic E-state index is 0.0727. The van der Waals surface area contributed by atoms with Crippen molar-refractivity contribution < 1.29 is 14.7 Å². The molecule has 0 fully saturated rings. The van der Waals surface area contributed by atoms with Crippen LogP contribution >= 0.6 is 11.6 Å². The standard InChI is InChI=1S/C22H29ClN2O3/c1-4-8-17(25-28-5-2)20-18(26)12-11-16(21(20)27)19-15-10-7-6-9-14(15)13(3)24-22(19)23/h16,27H,4-12H2,1-3H3. The second-order valence-corrected chi connectivity index (χ2v) is 7.90. The third-order valence-electron chi connectivity index (χ3n) is 5.67. The van der Waals surface area contributed by atoms with Crippen molar-refractivity contribution in [1.29, 1.82) is 0 Å². The number of ketones is 1. The highest BCUT2D eigenvalue weighted by Gasteiger charge is 2.36. The fraction of sp³-hybridized carbons (Fsp3) is 0.591. The van der Waals surface area contributed by atoms with Gasteiger partial charge in [-0.05, 0) is 63.5 Å². The van der Waals surface area contributed by atoms with Crippen LogP contribution in [0, 0.1) is 6.92 Å². The number of pyridine rings is 1. The fourth-order valence-corrected chi connectivity index (χ4v) is 4.77. The van der Waals surface area contributed by atoms with Gasteiger partial charge in [0.25, 0.3) is 0 Å². The molecule has 28 heavy (non-hydrogen) atoms. The molecule has 0 aliphatic heterocycles. The van der Waals surface area contributed by atoms with E-state index in [-0.39, 0.29) is 17.5 Å². The molecule has 0 amide bonds. The summed E-state index contributed by atoms with van der Waals surface area (Å²) in [5.41, 5.74) is 5.19. The number of aromatic nitrogens is 1. The SMILES string of the molecule is CCCC(=NOCC)C1=C(O)C(c2c(Cl)nc(C)c3c2CCCC3)CCC1=O. The number of fused-ring (bicyclic) bond motifs is 1. The largest absolute Gasteiger partial charge is 0.511 e. The van der Waals surface area contributed by atoms with E-state index in [1.54, 1.807) is 0 Å². The van der Waals surface area contributed by atoms with Gasteiger partial charge in [-0.25, -0.2) is 4.98 Å². The summed E-state index contributed by atoms with van der Waals surface area (Å²) in [4.78, 5) is 22.5. The van der Waals surface area contributed by atoms with Gasteiger partial charge in [0.1, 0.15) is 17.5 Å². The van der Waals surface area contributed by atoms with Crippen molar-refractivity contribution in [3.05, 3.63) is 38.9 Å². The van der Waals surface area contributed by atoms with E-state index < -0.39 is 0 Å². The van der Waals surface area contributed by atoms with Crippen LogP contribution in [0.2, 0.25) is 5.15 Å². The van der Waals surface area contributed by atoms with Crippen LogP contribution in [0.4, 0.5) is 0 Å². The van der Waals surface area contributed by atoms with Crippen LogP contribution in [-0.2, 0) is 22.5 Å². The highest BCUT2D eigenvalue weighted by molar-refractivity contribution is 6.30. The first-order chi connectivity index (χ1) is 13.5. The van der Waals surface area contributed by atoms with E-state index in [0.717, 1.165) is 43.4 Å². The maximum Gasteiger partial charge on any atom is 0.168 e. The van der Waals surface area contributed by atoms with E-state index in [9.17, 15) is 9.90 Å². The second-order valence-electron chi connectivity index (χ2n) is 7.55. The van der Waals surface area contributed by atoms with E-state index >= 15 is 0 Å². The van der Waals surface area contributed by atoms with Crippen molar-refractivity contribution in [2.75, 3.05) is 6.61 Å². The maximum atomic E-state index is 12.7. The lowest BCUT2D eigenvalue weighted by molar-refractivity contribution is -0.116. The first kappa shape index (κ1) is 20.8. The average Bonchev–Trinajstić information content (AvgIpc) is 2.67. The Morgan fingerprint density at radius 3 is 2.64 bits per heavy atom. The Morgan fingerprint density at radius 1 is 1.25 bits per heavy atom. The summed E-state index contributed by atoms with van der Waals surface area (Å²) >= 11 is 6.59. The Morgan fingerprint density at radius 2 is 1.96 bits per heavy atom. The number of carbonyl (C=O) groups excluding carboxylic acids is 1. The molecule has 1 unspecified atom stereocenters. The van der Waals surface area contributed by atoms with E-state index in [4.69, 9.17) is 16.4 Å². The number of nitrogens with zero attached hydrogens (tertiary/aromatic N) is 2. The van der Waals surface area contributed by atoms with Gasteiger partial charge in [-0.3, -0.25) is 4.79 Å². The molecule has 1 aromatic heterocycles. The van der Waals surface area contributed by atoms with Gasteiger partial charge in [-0.1, -0.05) is 30.1 Å². The molecule has 6 heteroatoms. The quantitative estimate of drug-likeness (QED) is 0.393. The smallest absolute Gasteiger partial charge is 0.168 e. The molecule has 0 bridgehead atoms. The van der Waals surface area contributed by atoms with E-state index in [1.165, 1.54) is 11.1 Å². The summed E-state index contributed by atoms with van der Waals surface area (Å²) in [6.07, 6.45) is 6.48. The molecule has 0 saturated heterocycles. The van der Waals surface area contributed by atoms with Crippen molar-refractivity contribution >= 4 is 23.1 Å². The third-order valence-corrected chi connectivity index (χ3v) is 5.96. The Balaban J connectivity index is 2.13. The number of oxime groups is 1. The third kappa shape index (κ3) is 3.95. The van der Waals surface area contributed by atoms with Gasteiger partial charge >= 0.3 is 0 Å². The van der Waals surface area contributed by atoms with Crippen LogP contribution < -0.4 is 0 Å². The average molecular weight is 405 g/mol. The number of aryl methyl sites for hydroxylation is 1. The molecule has 0 saturated carbocycles. The summed E-state index contributed by atoms with van der Waals surface area (Å²) in [7, 11) is 0. The molecule has 3 rings (SSSR count). The molecule has 1 N–H and O–H groups in total. The fourth-order valence-electron chi connectivity index (χ4n) is 4.39. The summed E-state index contributed by atoms with van der Waals surface area (Å²) in [6.45, 7) is 6.28.